The first-order valence-electron chi connectivity index (χ1n) is 8.51. The third-order valence-electron chi connectivity index (χ3n) is 4.09. The van der Waals surface area contributed by atoms with Gasteiger partial charge in [0.1, 0.15) is 6.33 Å². The largest absolute Gasteiger partial charge is 0.467 e. The Labute approximate surface area is 167 Å². The summed E-state index contributed by atoms with van der Waals surface area (Å²) < 4.78 is 5.70. The third-order valence-corrected chi connectivity index (χ3v) is 4.60. The number of carbonyl (C=O) groups is 1. The fourth-order valence-electron chi connectivity index (χ4n) is 2.74. The standard InChI is InChI=1S/C20H19Cl2N3O2/c1-13(2)25(10-14-6-4-3-5-7-14)18(26)11-27-20-16-8-15(21)9-17(22)19(16)23-12-24-20/h3-9,12-13H,10-11H2,1-2H3. The minimum atomic E-state index is -0.138. The Bertz CT molecular complexity index is 949. The molecule has 1 aromatic heterocycles. The molecule has 5 nitrogen and oxygen atoms in total. The van der Waals surface area contributed by atoms with Gasteiger partial charge < -0.3 is 9.64 Å². The van der Waals surface area contributed by atoms with Crippen molar-refractivity contribution < 1.29 is 9.53 Å². The number of rotatable bonds is 6. The number of hydrogen-bond donors (Lipinski definition) is 0. The van der Waals surface area contributed by atoms with Gasteiger partial charge in [0, 0.05) is 17.6 Å². The lowest BCUT2D eigenvalue weighted by Gasteiger charge is -2.27. The Hall–Kier alpha value is -2.37. The van der Waals surface area contributed by atoms with Gasteiger partial charge in [0.2, 0.25) is 5.88 Å². The predicted molar refractivity (Wildman–Crippen MR) is 107 cm³/mol. The average molecular weight is 404 g/mol. The van der Waals surface area contributed by atoms with E-state index in [0.29, 0.717) is 27.5 Å². The van der Waals surface area contributed by atoms with Crippen LogP contribution in [-0.4, -0.2) is 33.4 Å². The fourth-order valence-corrected chi connectivity index (χ4v) is 3.28. The first-order chi connectivity index (χ1) is 13.0. The molecule has 0 unspecified atom stereocenters. The molecule has 2 aromatic carbocycles. The summed E-state index contributed by atoms with van der Waals surface area (Å²) in [6, 6.07) is 13.2. The number of aromatic nitrogens is 2. The van der Waals surface area contributed by atoms with Gasteiger partial charge in [-0.2, -0.15) is 0 Å². The zero-order valence-corrected chi connectivity index (χ0v) is 16.5. The van der Waals surface area contributed by atoms with Gasteiger partial charge in [-0.05, 0) is 31.5 Å². The molecule has 0 spiro atoms. The van der Waals surface area contributed by atoms with E-state index in [1.165, 1.54) is 6.33 Å². The van der Waals surface area contributed by atoms with E-state index in [1.807, 2.05) is 44.2 Å². The van der Waals surface area contributed by atoms with E-state index >= 15 is 0 Å². The van der Waals surface area contributed by atoms with Crippen molar-refractivity contribution in [1.82, 2.24) is 14.9 Å². The van der Waals surface area contributed by atoms with Gasteiger partial charge in [0.15, 0.2) is 6.61 Å². The second kappa shape index (κ2) is 8.55. The summed E-state index contributed by atoms with van der Waals surface area (Å²) in [5.41, 5.74) is 1.59. The summed E-state index contributed by atoms with van der Waals surface area (Å²) in [6.45, 7) is 4.32. The molecule has 0 fully saturated rings. The number of ether oxygens (including phenoxy) is 1. The van der Waals surface area contributed by atoms with E-state index in [1.54, 1.807) is 17.0 Å². The molecule has 27 heavy (non-hydrogen) atoms. The normalized spacial score (nSPS) is 11.0. The molecule has 1 heterocycles. The van der Waals surface area contributed by atoms with Crippen molar-refractivity contribution >= 4 is 40.0 Å². The number of hydrogen-bond acceptors (Lipinski definition) is 4. The highest BCUT2D eigenvalue weighted by atomic mass is 35.5. The van der Waals surface area contributed by atoms with Crippen LogP contribution in [0.5, 0.6) is 5.88 Å². The van der Waals surface area contributed by atoms with Crippen molar-refractivity contribution in [1.29, 1.82) is 0 Å². The summed E-state index contributed by atoms with van der Waals surface area (Å²) >= 11 is 12.2. The molecule has 140 valence electrons. The highest BCUT2D eigenvalue weighted by Crippen LogP contribution is 2.30. The number of fused-ring (bicyclic) bond motifs is 1. The van der Waals surface area contributed by atoms with Crippen LogP contribution in [0.3, 0.4) is 0 Å². The van der Waals surface area contributed by atoms with Crippen LogP contribution in [0.4, 0.5) is 0 Å². The van der Waals surface area contributed by atoms with Crippen LogP contribution in [0, 0.1) is 0 Å². The second-order valence-corrected chi connectivity index (χ2v) is 7.20. The number of amides is 1. The molecule has 3 aromatic rings. The smallest absolute Gasteiger partial charge is 0.261 e. The first-order valence-corrected chi connectivity index (χ1v) is 9.27. The zero-order chi connectivity index (χ0) is 19.4. The first kappa shape index (κ1) is 19.4. The third kappa shape index (κ3) is 4.67. The molecule has 0 saturated carbocycles. The van der Waals surface area contributed by atoms with E-state index < -0.39 is 0 Å². The van der Waals surface area contributed by atoms with Crippen molar-refractivity contribution in [3.05, 3.63) is 64.4 Å². The Kier molecular flexibility index (Phi) is 6.14. The monoisotopic (exact) mass is 403 g/mol. The van der Waals surface area contributed by atoms with Crippen molar-refractivity contribution in [2.45, 2.75) is 26.4 Å². The van der Waals surface area contributed by atoms with Crippen molar-refractivity contribution in [2.24, 2.45) is 0 Å². The van der Waals surface area contributed by atoms with Gasteiger partial charge in [0.05, 0.1) is 15.9 Å². The van der Waals surface area contributed by atoms with Crippen molar-refractivity contribution in [3.8, 4) is 5.88 Å². The molecule has 7 heteroatoms. The average Bonchev–Trinajstić information content (AvgIpc) is 2.65. The number of nitrogens with zero attached hydrogens (tertiary/aromatic N) is 3. The van der Waals surface area contributed by atoms with Crippen molar-refractivity contribution in [2.75, 3.05) is 6.61 Å². The van der Waals surface area contributed by atoms with Crippen LogP contribution in [0.15, 0.2) is 48.8 Å². The molecule has 0 N–H and O–H groups in total. The Morgan fingerprint density at radius 2 is 1.89 bits per heavy atom. The van der Waals surface area contributed by atoms with Crippen LogP contribution >= 0.6 is 23.2 Å². The van der Waals surface area contributed by atoms with Gasteiger partial charge in [-0.3, -0.25) is 4.79 Å². The minimum absolute atomic E-state index is 0.0346. The molecular formula is C20H19Cl2N3O2. The second-order valence-electron chi connectivity index (χ2n) is 6.35. The van der Waals surface area contributed by atoms with Crippen LogP contribution < -0.4 is 4.74 Å². The van der Waals surface area contributed by atoms with E-state index in [-0.39, 0.29) is 24.4 Å². The van der Waals surface area contributed by atoms with E-state index in [9.17, 15) is 4.79 Å². The molecule has 0 radical (unpaired) electrons. The molecular weight excluding hydrogens is 385 g/mol. The quantitative estimate of drug-likeness (QED) is 0.595. The number of halogens is 2. The number of benzene rings is 2. The SMILES string of the molecule is CC(C)N(Cc1ccccc1)C(=O)COc1ncnc2c(Cl)cc(Cl)cc12. The maximum Gasteiger partial charge on any atom is 0.261 e. The molecule has 0 atom stereocenters. The van der Waals surface area contributed by atoms with Crippen molar-refractivity contribution in [3.63, 3.8) is 0 Å². The van der Waals surface area contributed by atoms with Crippen LogP contribution in [0.1, 0.15) is 19.4 Å². The summed E-state index contributed by atoms with van der Waals surface area (Å²) in [5, 5.41) is 1.43. The molecule has 0 aliphatic carbocycles. The van der Waals surface area contributed by atoms with Crippen LogP contribution in [0.2, 0.25) is 10.0 Å². The molecule has 0 bridgehead atoms. The van der Waals surface area contributed by atoms with E-state index in [4.69, 9.17) is 27.9 Å². The van der Waals surface area contributed by atoms with E-state index in [0.717, 1.165) is 5.56 Å². The van der Waals surface area contributed by atoms with Gasteiger partial charge in [-0.15, -0.1) is 0 Å². The Balaban J connectivity index is 1.77. The molecule has 1 amide bonds. The predicted octanol–water partition coefficient (Wildman–Crippen LogP) is 4.75. The molecule has 3 rings (SSSR count). The maximum atomic E-state index is 12.7. The summed E-state index contributed by atoms with van der Waals surface area (Å²) in [7, 11) is 0. The van der Waals surface area contributed by atoms with E-state index in [2.05, 4.69) is 9.97 Å². The lowest BCUT2D eigenvalue weighted by Crippen LogP contribution is -2.39. The van der Waals surface area contributed by atoms with Gasteiger partial charge in [-0.25, -0.2) is 9.97 Å². The molecule has 0 aliphatic rings. The molecule has 0 saturated heterocycles. The number of carbonyl (C=O) groups excluding carboxylic acids is 1. The van der Waals surface area contributed by atoms with Gasteiger partial charge >= 0.3 is 0 Å². The molecule has 0 aliphatic heterocycles. The summed E-state index contributed by atoms with van der Waals surface area (Å²) in [5.74, 6) is 0.148. The highest BCUT2D eigenvalue weighted by Gasteiger charge is 2.19. The minimum Gasteiger partial charge on any atom is -0.467 e. The van der Waals surface area contributed by atoms with Gasteiger partial charge in [-0.1, -0.05) is 53.5 Å². The summed E-state index contributed by atoms with van der Waals surface area (Å²) in [6.07, 6.45) is 1.35. The maximum absolute atomic E-state index is 12.7. The topological polar surface area (TPSA) is 55.3 Å². The summed E-state index contributed by atoms with van der Waals surface area (Å²) in [4.78, 5) is 22.8. The highest BCUT2D eigenvalue weighted by molar-refractivity contribution is 6.38. The lowest BCUT2D eigenvalue weighted by atomic mass is 10.2. The Morgan fingerprint density at radius 1 is 1.15 bits per heavy atom. The zero-order valence-electron chi connectivity index (χ0n) is 15.0. The Morgan fingerprint density at radius 3 is 2.59 bits per heavy atom. The van der Waals surface area contributed by atoms with Crippen LogP contribution in [0.25, 0.3) is 10.9 Å². The van der Waals surface area contributed by atoms with Crippen LogP contribution in [-0.2, 0) is 11.3 Å². The fraction of sp³-hybridized carbons (Fsp3) is 0.250. The van der Waals surface area contributed by atoms with Gasteiger partial charge in [0.25, 0.3) is 5.91 Å². The lowest BCUT2D eigenvalue weighted by molar-refractivity contribution is -0.135.